The van der Waals surface area contributed by atoms with Crippen LogP contribution in [0.15, 0.2) is 42.5 Å². The van der Waals surface area contributed by atoms with E-state index in [1.54, 1.807) is 24.3 Å². The molecule has 2 aromatic carbocycles. The number of carbonyl (C=O) groups excluding carboxylic acids is 2. The Labute approximate surface area is 155 Å². The van der Waals surface area contributed by atoms with Gasteiger partial charge in [-0.2, -0.15) is 0 Å². The molecule has 0 radical (unpaired) electrons. The zero-order valence-corrected chi connectivity index (χ0v) is 14.8. The summed E-state index contributed by atoms with van der Waals surface area (Å²) in [5, 5.41) is 24.9. The fraction of sp³-hybridized carbons (Fsp3) is 0.263. The number of nitrogens with one attached hydrogen (secondary N) is 1. The molecule has 1 N–H and O–H groups in total. The second-order valence-corrected chi connectivity index (χ2v) is 5.71. The predicted octanol–water partition coefficient (Wildman–Crippen LogP) is 2.35. The Morgan fingerprint density at radius 3 is 2.44 bits per heavy atom. The van der Waals surface area contributed by atoms with Crippen molar-refractivity contribution in [1.29, 1.82) is 0 Å². The van der Waals surface area contributed by atoms with Crippen LogP contribution in [-0.4, -0.2) is 23.2 Å². The first-order chi connectivity index (χ1) is 12.9. The first-order valence-electron chi connectivity index (χ1n) is 8.37. The Morgan fingerprint density at radius 1 is 1.11 bits per heavy atom. The number of benzene rings is 2. The number of nitro groups is 1. The standard InChI is InChI=1S/C19H20N2O6/c1-2-27-16-6-3-13(4-7-16)17(22)9-10-19(24)20-12-14-11-15(21(25)26)5-8-18(14)23/h3-8,11,23H,2,9-10,12H2,1H3,(H,20,24)/p-1. The van der Waals surface area contributed by atoms with E-state index in [0.29, 0.717) is 17.9 Å². The van der Waals surface area contributed by atoms with Crippen LogP contribution in [0.3, 0.4) is 0 Å². The number of Topliss-reactive ketones (excluding diaryl/α,β-unsaturated/α-hetero) is 1. The Balaban J connectivity index is 1.84. The maximum absolute atomic E-state index is 12.1. The molecular formula is C19H19N2O6-. The van der Waals surface area contributed by atoms with Crippen molar-refractivity contribution < 1.29 is 24.4 Å². The number of nitro benzene ring substituents is 1. The molecule has 8 nitrogen and oxygen atoms in total. The lowest BCUT2D eigenvalue weighted by molar-refractivity contribution is -0.385. The van der Waals surface area contributed by atoms with Gasteiger partial charge < -0.3 is 15.2 Å². The van der Waals surface area contributed by atoms with Crippen molar-refractivity contribution in [2.75, 3.05) is 6.61 Å². The van der Waals surface area contributed by atoms with E-state index in [-0.39, 0.29) is 36.4 Å². The number of ether oxygens (including phenoxy) is 1. The molecule has 0 atom stereocenters. The third kappa shape index (κ3) is 5.81. The Morgan fingerprint density at radius 2 is 1.81 bits per heavy atom. The summed E-state index contributed by atoms with van der Waals surface area (Å²) < 4.78 is 5.30. The van der Waals surface area contributed by atoms with Gasteiger partial charge in [0, 0.05) is 37.1 Å². The molecule has 142 valence electrons. The molecule has 0 aromatic heterocycles. The number of hydrogen-bond acceptors (Lipinski definition) is 6. The smallest absolute Gasteiger partial charge is 0.269 e. The van der Waals surface area contributed by atoms with Crippen LogP contribution in [0.2, 0.25) is 0 Å². The number of rotatable bonds is 9. The molecule has 0 fully saturated rings. The van der Waals surface area contributed by atoms with Crippen LogP contribution in [0.1, 0.15) is 35.7 Å². The quantitative estimate of drug-likeness (QED) is 0.410. The molecule has 0 aliphatic rings. The number of hydrogen-bond donors (Lipinski definition) is 1. The average molecular weight is 371 g/mol. The van der Waals surface area contributed by atoms with Gasteiger partial charge in [0.15, 0.2) is 5.78 Å². The van der Waals surface area contributed by atoms with Crippen molar-refractivity contribution in [3.63, 3.8) is 0 Å². The summed E-state index contributed by atoms with van der Waals surface area (Å²) in [6.07, 6.45) is -0.0336. The normalized spacial score (nSPS) is 10.3. The van der Waals surface area contributed by atoms with Crippen LogP contribution in [0, 0.1) is 10.1 Å². The lowest BCUT2D eigenvalue weighted by atomic mass is 10.1. The molecule has 0 unspecified atom stereocenters. The molecule has 2 aromatic rings. The van der Waals surface area contributed by atoms with E-state index < -0.39 is 16.6 Å². The van der Waals surface area contributed by atoms with Crippen molar-refractivity contribution in [1.82, 2.24) is 5.32 Å². The predicted molar refractivity (Wildman–Crippen MR) is 95.6 cm³/mol. The van der Waals surface area contributed by atoms with Crippen LogP contribution < -0.4 is 15.2 Å². The topological polar surface area (TPSA) is 122 Å². The van der Waals surface area contributed by atoms with Gasteiger partial charge in [-0.1, -0.05) is 6.07 Å². The van der Waals surface area contributed by atoms with Gasteiger partial charge in [0.2, 0.25) is 5.91 Å². The molecule has 0 saturated heterocycles. The van der Waals surface area contributed by atoms with Gasteiger partial charge in [-0.05, 0) is 36.8 Å². The third-order valence-electron chi connectivity index (χ3n) is 3.80. The van der Waals surface area contributed by atoms with Gasteiger partial charge in [-0.15, -0.1) is 5.75 Å². The van der Waals surface area contributed by atoms with E-state index in [0.717, 1.165) is 18.2 Å². The van der Waals surface area contributed by atoms with E-state index in [2.05, 4.69) is 5.32 Å². The maximum Gasteiger partial charge on any atom is 0.269 e. The van der Waals surface area contributed by atoms with Gasteiger partial charge >= 0.3 is 0 Å². The zero-order valence-electron chi connectivity index (χ0n) is 14.8. The second kappa shape index (κ2) is 9.33. The summed E-state index contributed by atoms with van der Waals surface area (Å²) in [6, 6.07) is 9.99. The molecule has 0 spiro atoms. The fourth-order valence-corrected chi connectivity index (χ4v) is 2.37. The first kappa shape index (κ1) is 19.9. The highest BCUT2D eigenvalue weighted by atomic mass is 16.6. The van der Waals surface area contributed by atoms with Crippen molar-refractivity contribution >= 4 is 17.4 Å². The summed E-state index contributed by atoms with van der Waals surface area (Å²) in [7, 11) is 0. The third-order valence-corrected chi connectivity index (χ3v) is 3.80. The summed E-state index contributed by atoms with van der Waals surface area (Å²) in [5.41, 5.74) is 0.381. The fourth-order valence-electron chi connectivity index (χ4n) is 2.37. The van der Waals surface area contributed by atoms with Crippen LogP contribution in [0.5, 0.6) is 11.5 Å². The monoisotopic (exact) mass is 371 g/mol. The second-order valence-electron chi connectivity index (χ2n) is 5.71. The van der Waals surface area contributed by atoms with E-state index in [1.807, 2.05) is 6.92 Å². The minimum absolute atomic E-state index is 0.0129. The Hall–Kier alpha value is -3.42. The minimum Gasteiger partial charge on any atom is -0.872 e. The van der Waals surface area contributed by atoms with Crippen molar-refractivity contribution in [2.24, 2.45) is 0 Å². The average Bonchev–Trinajstić information content (AvgIpc) is 2.66. The van der Waals surface area contributed by atoms with Crippen LogP contribution in [-0.2, 0) is 11.3 Å². The van der Waals surface area contributed by atoms with Gasteiger partial charge in [0.05, 0.1) is 11.5 Å². The number of nitrogens with zero attached hydrogens (tertiary/aromatic N) is 1. The minimum atomic E-state index is -0.611. The van der Waals surface area contributed by atoms with Gasteiger partial charge in [0.1, 0.15) is 5.75 Å². The highest BCUT2D eigenvalue weighted by Gasteiger charge is 2.11. The molecule has 8 heteroatoms. The van der Waals surface area contributed by atoms with E-state index in [1.165, 1.54) is 0 Å². The number of ketones is 1. The molecule has 0 bridgehead atoms. The van der Waals surface area contributed by atoms with Crippen LogP contribution in [0.4, 0.5) is 5.69 Å². The summed E-state index contributed by atoms with van der Waals surface area (Å²) in [4.78, 5) is 34.2. The van der Waals surface area contributed by atoms with Gasteiger partial charge in [0.25, 0.3) is 5.69 Å². The summed E-state index contributed by atoms with van der Waals surface area (Å²) in [5.74, 6) is -0.336. The number of non-ortho nitro benzene ring substituents is 1. The van der Waals surface area contributed by atoms with Crippen molar-refractivity contribution in [2.45, 2.75) is 26.3 Å². The Bertz CT molecular complexity index is 833. The lowest BCUT2D eigenvalue weighted by Crippen LogP contribution is -2.24. The SMILES string of the molecule is CCOc1ccc(C(=O)CCC(=O)NCc2cc([N+](=O)[O-])ccc2[O-])cc1. The number of amides is 1. The molecule has 0 aliphatic heterocycles. The largest absolute Gasteiger partial charge is 0.872 e. The molecular weight excluding hydrogens is 352 g/mol. The van der Waals surface area contributed by atoms with Gasteiger partial charge in [-0.25, -0.2) is 0 Å². The first-order valence-corrected chi connectivity index (χ1v) is 8.37. The Kier molecular flexibility index (Phi) is 6.87. The van der Waals surface area contributed by atoms with Crippen LogP contribution >= 0.6 is 0 Å². The van der Waals surface area contributed by atoms with E-state index >= 15 is 0 Å². The van der Waals surface area contributed by atoms with Crippen molar-refractivity contribution in [3.05, 3.63) is 63.7 Å². The molecule has 2 rings (SSSR count). The highest BCUT2D eigenvalue weighted by molar-refractivity contribution is 5.98. The molecule has 0 heterocycles. The van der Waals surface area contributed by atoms with E-state index in [9.17, 15) is 24.8 Å². The summed E-state index contributed by atoms with van der Waals surface area (Å²) >= 11 is 0. The molecule has 0 saturated carbocycles. The van der Waals surface area contributed by atoms with E-state index in [4.69, 9.17) is 4.74 Å². The summed E-state index contributed by atoms with van der Waals surface area (Å²) in [6.45, 7) is 2.26. The highest BCUT2D eigenvalue weighted by Crippen LogP contribution is 2.20. The maximum atomic E-state index is 12.1. The zero-order chi connectivity index (χ0) is 19.8. The van der Waals surface area contributed by atoms with Crippen LogP contribution in [0.25, 0.3) is 0 Å². The molecule has 1 amide bonds. The van der Waals surface area contributed by atoms with Gasteiger partial charge in [-0.3, -0.25) is 19.7 Å². The number of carbonyl (C=O) groups is 2. The van der Waals surface area contributed by atoms with Crippen molar-refractivity contribution in [3.8, 4) is 11.5 Å². The molecule has 27 heavy (non-hydrogen) atoms. The molecule has 0 aliphatic carbocycles. The lowest BCUT2D eigenvalue weighted by Gasteiger charge is -2.13.